The van der Waals surface area contributed by atoms with Crippen LogP contribution in [0.5, 0.6) is 0 Å². The van der Waals surface area contributed by atoms with E-state index >= 15 is 0 Å². The van der Waals surface area contributed by atoms with E-state index in [9.17, 15) is 9.59 Å². The Morgan fingerprint density at radius 1 is 1.32 bits per heavy atom. The van der Waals surface area contributed by atoms with Crippen LogP contribution in [0, 0.1) is 12.8 Å². The Kier molecular flexibility index (Phi) is 5.51. The van der Waals surface area contributed by atoms with Gasteiger partial charge in [0.15, 0.2) is 0 Å². The summed E-state index contributed by atoms with van der Waals surface area (Å²) in [5.41, 5.74) is 1.27. The molecule has 3 aromatic rings. The van der Waals surface area contributed by atoms with Crippen LogP contribution < -0.4 is 10.9 Å². The third kappa shape index (κ3) is 3.98. The van der Waals surface area contributed by atoms with Gasteiger partial charge >= 0.3 is 5.63 Å². The summed E-state index contributed by atoms with van der Waals surface area (Å²) < 4.78 is 6.23. The summed E-state index contributed by atoms with van der Waals surface area (Å²) in [5, 5.41) is 4.37. The average Bonchev–Trinajstić information content (AvgIpc) is 3.12. The van der Waals surface area contributed by atoms with Gasteiger partial charge in [0, 0.05) is 18.5 Å². The molecule has 1 aliphatic rings. The summed E-state index contributed by atoms with van der Waals surface area (Å²) in [6, 6.07) is 7.39. The van der Waals surface area contributed by atoms with Crippen LogP contribution in [0.3, 0.4) is 0 Å². The van der Waals surface area contributed by atoms with E-state index in [1.165, 1.54) is 24.2 Å². The second-order valence-corrected chi connectivity index (χ2v) is 8.95. The molecule has 1 aliphatic heterocycles. The zero-order valence-electron chi connectivity index (χ0n) is 16.4. The minimum atomic E-state index is -0.388. The number of carbonyl (C=O) groups excluding carboxylic acids is 1. The van der Waals surface area contributed by atoms with Crippen molar-refractivity contribution in [3.63, 3.8) is 0 Å². The van der Waals surface area contributed by atoms with Crippen molar-refractivity contribution in [1.29, 1.82) is 0 Å². The Morgan fingerprint density at radius 3 is 3.00 bits per heavy atom. The normalized spacial score (nSPS) is 18.0. The van der Waals surface area contributed by atoms with Gasteiger partial charge in [0.1, 0.15) is 5.58 Å². The van der Waals surface area contributed by atoms with Gasteiger partial charge in [-0.15, -0.1) is 11.3 Å². The van der Waals surface area contributed by atoms with E-state index in [2.05, 4.69) is 17.1 Å². The van der Waals surface area contributed by atoms with E-state index in [1.54, 1.807) is 6.07 Å². The van der Waals surface area contributed by atoms with Gasteiger partial charge in [0.25, 0.3) is 5.91 Å². The fourth-order valence-corrected chi connectivity index (χ4v) is 5.08. The standard InChI is InChI=1S/C22H26N2O3S/c1-14-6-7-18-16(11-14)20-17(22(26)27-18)12-19(28-20)21(25)23-8-4-10-24-9-3-5-15(2)13-24/h6-7,11-12,15H,3-5,8-10,13H2,1-2H3,(H,23,25)/t15-/m1/s1. The minimum Gasteiger partial charge on any atom is -0.422 e. The number of amides is 1. The van der Waals surface area contributed by atoms with Gasteiger partial charge in [0.2, 0.25) is 0 Å². The first-order chi connectivity index (χ1) is 13.5. The molecule has 1 fully saturated rings. The molecule has 1 N–H and O–H groups in total. The Hall–Kier alpha value is -2.18. The van der Waals surface area contributed by atoms with Crippen molar-refractivity contribution < 1.29 is 9.21 Å². The fourth-order valence-electron chi connectivity index (χ4n) is 4.00. The molecule has 0 aliphatic carbocycles. The molecule has 1 amide bonds. The lowest BCUT2D eigenvalue weighted by Crippen LogP contribution is -2.36. The number of hydrogen-bond donors (Lipinski definition) is 1. The summed E-state index contributed by atoms with van der Waals surface area (Å²) in [7, 11) is 0. The molecule has 3 heterocycles. The van der Waals surface area contributed by atoms with E-state index in [0.29, 0.717) is 22.4 Å². The first kappa shape index (κ1) is 19.2. The number of aryl methyl sites for hydroxylation is 1. The number of piperidine rings is 1. The molecule has 4 rings (SSSR count). The highest BCUT2D eigenvalue weighted by molar-refractivity contribution is 7.21. The van der Waals surface area contributed by atoms with Gasteiger partial charge in [-0.2, -0.15) is 0 Å². The number of fused-ring (bicyclic) bond motifs is 3. The molecule has 0 spiro atoms. The van der Waals surface area contributed by atoms with Crippen molar-refractivity contribution in [2.45, 2.75) is 33.1 Å². The highest BCUT2D eigenvalue weighted by Gasteiger charge is 2.17. The summed E-state index contributed by atoms with van der Waals surface area (Å²) in [6.45, 7) is 8.29. The Bertz CT molecular complexity index is 1070. The van der Waals surface area contributed by atoms with Gasteiger partial charge in [0.05, 0.1) is 15.0 Å². The Labute approximate surface area is 168 Å². The Morgan fingerprint density at radius 2 is 2.18 bits per heavy atom. The third-order valence-corrected chi connectivity index (χ3v) is 6.60. The predicted octanol–water partition coefficient (Wildman–Crippen LogP) is 4.17. The SMILES string of the molecule is Cc1ccc2oc(=O)c3cc(C(=O)NCCCN4CCC[C@@H](C)C4)sc3c2c1. The molecule has 0 radical (unpaired) electrons. The molecule has 2 aromatic heterocycles. The molecule has 0 bridgehead atoms. The van der Waals surface area contributed by atoms with E-state index < -0.39 is 0 Å². The van der Waals surface area contributed by atoms with Gasteiger partial charge < -0.3 is 14.6 Å². The summed E-state index contributed by atoms with van der Waals surface area (Å²) in [6.07, 6.45) is 3.53. The number of rotatable bonds is 5. The van der Waals surface area contributed by atoms with E-state index in [-0.39, 0.29) is 11.5 Å². The second-order valence-electron chi connectivity index (χ2n) is 7.90. The molecular weight excluding hydrogens is 372 g/mol. The number of thiophene rings is 1. The zero-order chi connectivity index (χ0) is 19.7. The molecule has 1 atom stereocenters. The molecule has 148 valence electrons. The number of likely N-dealkylation sites (tertiary alicyclic amines) is 1. The molecule has 0 unspecified atom stereocenters. The van der Waals surface area contributed by atoms with Crippen molar-refractivity contribution in [2.75, 3.05) is 26.2 Å². The number of carbonyl (C=O) groups is 1. The lowest BCUT2D eigenvalue weighted by Gasteiger charge is -2.30. The lowest BCUT2D eigenvalue weighted by molar-refractivity contribution is 0.0954. The van der Waals surface area contributed by atoms with Crippen molar-refractivity contribution >= 4 is 38.3 Å². The number of benzene rings is 1. The molecule has 28 heavy (non-hydrogen) atoms. The molecule has 5 nitrogen and oxygen atoms in total. The topological polar surface area (TPSA) is 62.6 Å². The summed E-state index contributed by atoms with van der Waals surface area (Å²) >= 11 is 1.36. The predicted molar refractivity (Wildman–Crippen MR) is 114 cm³/mol. The molecule has 1 aromatic carbocycles. The first-order valence-electron chi connectivity index (χ1n) is 9.99. The van der Waals surface area contributed by atoms with Crippen molar-refractivity contribution in [1.82, 2.24) is 10.2 Å². The van der Waals surface area contributed by atoms with E-state index in [4.69, 9.17) is 4.42 Å². The average molecular weight is 399 g/mol. The van der Waals surface area contributed by atoms with Crippen LogP contribution in [0.15, 0.2) is 33.5 Å². The van der Waals surface area contributed by atoms with Crippen molar-refractivity contribution in [3.05, 3.63) is 45.1 Å². The maximum atomic E-state index is 12.6. The number of nitrogens with zero attached hydrogens (tertiary/aromatic N) is 1. The smallest absolute Gasteiger partial charge is 0.345 e. The van der Waals surface area contributed by atoms with E-state index in [1.807, 2.05) is 25.1 Å². The highest BCUT2D eigenvalue weighted by atomic mass is 32.1. The number of hydrogen-bond acceptors (Lipinski definition) is 5. The highest BCUT2D eigenvalue weighted by Crippen LogP contribution is 2.31. The van der Waals surface area contributed by atoms with Gasteiger partial charge in [-0.25, -0.2) is 4.79 Å². The van der Waals surface area contributed by atoms with Crippen molar-refractivity contribution in [3.8, 4) is 0 Å². The third-order valence-electron chi connectivity index (χ3n) is 5.44. The quantitative estimate of drug-likeness (QED) is 0.518. The van der Waals surface area contributed by atoms with Gasteiger partial charge in [-0.1, -0.05) is 18.6 Å². The van der Waals surface area contributed by atoms with Gasteiger partial charge in [-0.3, -0.25) is 4.79 Å². The fraction of sp³-hybridized carbons (Fsp3) is 0.455. The molecule has 6 heteroatoms. The monoisotopic (exact) mass is 398 g/mol. The molecule has 0 saturated carbocycles. The van der Waals surface area contributed by atoms with Crippen LogP contribution in [0.4, 0.5) is 0 Å². The molecule has 1 saturated heterocycles. The maximum absolute atomic E-state index is 12.6. The van der Waals surface area contributed by atoms with Crippen LogP contribution in [-0.4, -0.2) is 37.0 Å². The Balaban J connectivity index is 1.44. The van der Waals surface area contributed by atoms with Crippen LogP contribution >= 0.6 is 11.3 Å². The summed E-state index contributed by atoms with van der Waals surface area (Å²) in [4.78, 5) is 27.9. The van der Waals surface area contributed by atoms with Crippen LogP contribution in [0.2, 0.25) is 0 Å². The maximum Gasteiger partial charge on any atom is 0.345 e. The first-order valence-corrected chi connectivity index (χ1v) is 10.8. The molecular formula is C22H26N2O3S. The van der Waals surface area contributed by atoms with E-state index in [0.717, 1.165) is 47.6 Å². The van der Waals surface area contributed by atoms with Crippen LogP contribution in [0.1, 0.15) is 41.4 Å². The number of nitrogens with one attached hydrogen (secondary N) is 1. The minimum absolute atomic E-state index is 0.117. The van der Waals surface area contributed by atoms with Gasteiger partial charge in [-0.05, 0) is 63.4 Å². The van der Waals surface area contributed by atoms with Crippen LogP contribution in [0.25, 0.3) is 21.1 Å². The summed E-state index contributed by atoms with van der Waals surface area (Å²) in [5.74, 6) is 0.653. The van der Waals surface area contributed by atoms with Crippen molar-refractivity contribution in [2.24, 2.45) is 5.92 Å². The second kappa shape index (κ2) is 8.05. The van der Waals surface area contributed by atoms with Crippen LogP contribution in [-0.2, 0) is 0 Å². The zero-order valence-corrected chi connectivity index (χ0v) is 17.2. The lowest BCUT2D eigenvalue weighted by atomic mass is 10.0. The largest absolute Gasteiger partial charge is 0.422 e.